The quantitative estimate of drug-likeness (QED) is 0.638. The number of aryl methyl sites for hydroxylation is 1. The fourth-order valence-corrected chi connectivity index (χ4v) is 3.87. The Labute approximate surface area is 169 Å². The summed E-state index contributed by atoms with van der Waals surface area (Å²) in [5, 5.41) is 5.16. The van der Waals surface area contributed by atoms with Gasteiger partial charge in [0.1, 0.15) is 0 Å². The average Bonchev–Trinajstić information content (AvgIpc) is 3.21. The summed E-state index contributed by atoms with van der Waals surface area (Å²) in [6, 6.07) is 11.7. The summed E-state index contributed by atoms with van der Waals surface area (Å²) in [6.45, 7) is 3.74. The number of amides is 1. The van der Waals surface area contributed by atoms with Crippen LogP contribution in [0.15, 0.2) is 42.6 Å². The Morgan fingerprint density at radius 2 is 1.90 bits per heavy atom. The lowest BCUT2D eigenvalue weighted by molar-refractivity contribution is -0.146. The van der Waals surface area contributed by atoms with Crippen molar-refractivity contribution >= 4 is 22.9 Å². The first kappa shape index (κ1) is 19.1. The average molecular weight is 392 g/mol. The Morgan fingerprint density at radius 3 is 2.55 bits per heavy atom. The zero-order valence-corrected chi connectivity index (χ0v) is 16.7. The predicted molar refractivity (Wildman–Crippen MR) is 109 cm³/mol. The number of ether oxygens (including phenoxy) is 1. The number of hydrogen-bond donors (Lipinski definition) is 0. The van der Waals surface area contributed by atoms with E-state index in [-0.39, 0.29) is 17.8 Å². The van der Waals surface area contributed by atoms with Crippen LogP contribution >= 0.6 is 0 Å². The minimum atomic E-state index is -0.195. The lowest BCUT2D eigenvalue weighted by atomic mass is 9.96. The van der Waals surface area contributed by atoms with Gasteiger partial charge in [-0.05, 0) is 25.8 Å². The third-order valence-electron chi connectivity index (χ3n) is 5.53. The molecule has 1 saturated heterocycles. The van der Waals surface area contributed by atoms with E-state index in [9.17, 15) is 9.59 Å². The van der Waals surface area contributed by atoms with Gasteiger partial charge in [0, 0.05) is 25.2 Å². The number of carbonyl (C=O) groups excluding carboxylic acids is 2. The van der Waals surface area contributed by atoms with Crippen molar-refractivity contribution < 1.29 is 14.3 Å². The molecule has 2 aromatic heterocycles. The van der Waals surface area contributed by atoms with E-state index in [0.717, 1.165) is 16.6 Å². The zero-order chi connectivity index (χ0) is 20.4. The highest BCUT2D eigenvalue weighted by Crippen LogP contribution is 2.27. The van der Waals surface area contributed by atoms with Crippen LogP contribution in [0, 0.1) is 5.92 Å². The molecule has 1 aliphatic heterocycles. The number of fused-ring (bicyclic) bond motifs is 1. The van der Waals surface area contributed by atoms with Crippen molar-refractivity contribution in [2.45, 2.75) is 26.3 Å². The standard InChI is InChI=1S/C22H24N4O3/c1-3-26-20-18(14-23-26)17(13-19(24-20)15-7-5-4-6-8-15)21(27)25-11-9-16(10-12-25)22(28)29-2/h4-8,13-14,16H,3,9-12H2,1-2H3. The number of methoxy groups -OCH3 is 1. The number of pyridine rings is 1. The highest BCUT2D eigenvalue weighted by atomic mass is 16.5. The van der Waals surface area contributed by atoms with Gasteiger partial charge in [-0.25, -0.2) is 9.67 Å². The van der Waals surface area contributed by atoms with Crippen LogP contribution in [0.3, 0.4) is 0 Å². The normalized spacial score (nSPS) is 14.9. The van der Waals surface area contributed by atoms with Gasteiger partial charge in [-0.15, -0.1) is 0 Å². The summed E-state index contributed by atoms with van der Waals surface area (Å²) < 4.78 is 6.65. The van der Waals surface area contributed by atoms with Crippen molar-refractivity contribution in [2.75, 3.05) is 20.2 Å². The SMILES string of the molecule is CCn1ncc2c(C(=O)N3CCC(C(=O)OC)CC3)cc(-c3ccccc3)nc21. The van der Waals surface area contributed by atoms with Gasteiger partial charge >= 0.3 is 5.97 Å². The van der Waals surface area contributed by atoms with E-state index >= 15 is 0 Å². The summed E-state index contributed by atoms with van der Waals surface area (Å²) >= 11 is 0. The number of likely N-dealkylation sites (tertiary alicyclic amines) is 1. The lowest BCUT2D eigenvalue weighted by Gasteiger charge is -2.31. The van der Waals surface area contributed by atoms with E-state index in [2.05, 4.69) is 5.10 Å². The van der Waals surface area contributed by atoms with Crippen LogP contribution in [0.4, 0.5) is 0 Å². The number of esters is 1. The third kappa shape index (κ3) is 3.60. The van der Waals surface area contributed by atoms with Crippen LogP contribution < -0.4 is 0 Å². The second kappa shape index (κ2) is 8.03. The Bertz CT molecular complexity index is 1040. The number of benzene rings is 1. The molecule has 3 aromatic rings. The van der Waals surface area contributed by atoms with E-state index in [1.54, 1.807) is 6.20 Å². The summed E-state index contributed by atoms with van der Waals surface area (Å²) in [4.78, 5) is 31.8. The molecule has 29 heavy (non-hydrogen) atoms. The first-order valence-corrected chi connectivity index (χ1v) is 9.91. The smallest absolute Gasteiger partial charge is 0.308 e. The Kier molecular flexibility index (Phi) is 5.29. The molecule has 0 radical (unpaired) electrons. The van der Waals surface area contributed by atoms with E-state index in [0.29, 0.717) is 43.7 Å². The number of aromatic nitrogens is 3. The molecular formula is C22H24N4O3. The molecule has 1 aliphatic rings. The van der Waals surface area contributed by atoms with Gasteiger partial charge in [0.05, 0.1) is 35.9 Å². The Balaban J connectivity index is 1.70. The van der Waals surface area contributed by atoms with Gasteiger partial charge in [-0.1, -0.05) is 30.3 Å². The van der Waals surface area contributed by atoms with Crippen molar-refractivity contribution in [1.82, 2.24) is 19.7 Å². The first-order chi connectivity index (χ1) is 14.1. The van der Waals surface area contributed by atoms with Crippen LogP contribution in [0.25, 0.3) is 22.3 Å². The van der Waals surface area contributed by atoms with Crippen LogP contribution in [-0.2, 0) is 16.1 Å². The maximum atomic E-state index is 13.4. The maximum Gasteiger partial charge on any atom is 0.308 e. The first-order valence-electron chi connectivity index (χ1n) is 9.91. The molecule has 7 heteroatoms. The zero-order valence-electron chi connectivity index (χ0n) is 16.7. The molecule has 0 atom stereocenters. The van der Waals surface area contributed by atoms with Crippen molar-refractivity contribution in [3.05, 3.63) is 48.2 Å². The minimum absolute atomic E-state index is 0.0476. The molecule has 0 unspecified atom stereocenters. The molecule has 4 rings (SSSR count). The summed E-state index contributed by atoms with van der Waals surface area (Å²) in [5.41, 5.74) is 3.02. The van der Waals surface area contributed by atoms with E-state index in [4.69, 9.17) is 9.72 Å². The minimum Gasteiger partial charge on any atom is -0.469 e. The van der Waals surface area contributed by atoms with Crippen LogP contribution in [0.1, 0.15) is 30.1 Å². The van der Waals surface area contributed by atoms with Crippen LogP contribution in [0.2, 0.25) is 0 Å². The molecule has 0 saturated carbocycles. The van der Waals surface area contributed by atoms with Gasteiger partial charge in [-0.3, -0.25) is 9.59 Å². The molecule has 0 bridgehead atoms. The molecule has 1 amide bonds. The van der Waals surface area contributed by atoms with Crippen molar-refractivity contribution in [3.8, 4) is 11.3 Å². The number of piperidine rings is 1. The number of hydrogen-bond acceptors (Lipinski definition) is 5. The van der Waals surface area contributed by atoms with Crippen LogP contribution in [-0.4, -0.2) is 51.7 Å². The van der Waals surface area contributed by atoms with Gasteiger partial charge < -0.3 is 9.64 Å². The topological polar surface area (TPSA) is 77.3 Å². The molecule has 7 nitrogen and oxygen atoms in total. The van der Waals surface area contributed by atoms with E-state index < -0.39 is 0 Å². The van der Waals surface area contributed by atoms with Gasteiger partial charge in [0.15, 0.2) is 5.65 Å². The maximum absolute atomic E-state index is 13.4. The van der Waals surface area contributed by atoms with E-state index in [1.165, 1.54) is 7.11 Å². The summed E-state index contributed by atoms with van der Waals surface area (Å²) in [6.07, 6.45) is 2.95. The van der Waals surface area contributed by atoms with Crippen LogP contribution in [0.5, 0.6) is 0 Å². The third-order valence-corrected chi connectivity index (χ3v) is 5.53. The fourth-order valence-electron chi connectivity index (χ4n) is 3.87. The molecule has 3 heterocycles. The molecule has 1 aromatic carbocycles. The largest absolute Gasteiger partial charge is 0.469 e. The molecule has 0 spiro atoms. The molecule has 150 valence electrons. The Hall–Kier alpha value is -3.22. The second-order valence-electron chi connectivity index (χ2n) is 7.21. The molecular weight excluding hydrogens is 368 g/mol. The molecule has 1 fully saturated rings. The molecule has 0 aliphatic carbocycles. The van der Waals surface area contributed by atoms with Gasteiger partial charge in [-0.2, -0.15) is 5.10 Å². The second-order valence-corrected chi connectivity index (χ2v) is 7.21. The Morgan fingerprint density at radius 1 is 1.17 bits per heavy atom. The highest BCUT2D eigenvalue weighted by Gasteiger charge is 2.29. The predicted octanol–water partition coefficient (Wildman–Crippen LogP) is 3.14. The lowest BCUT2D eigenvalue weighted by Crippen LogP contribution is -2.40. The summed E-state index contributed by atoms with van der Waals surface area (Å²) in [7, 11) is 1.41. The molecule has 0 N–H and O–H groups in total. The van der Waals surface area contributed by atoms with Crippen molar-refractivity contribution in [3.63, 3.8) is 0 Å². The van der Waals surface area contributed by atoms with Gasteiger partial charge in [0.25, 0.3) is 5.91 Å². The fraction of sp³-hybridized carbons (Fsp3) is 0.364. The monoisotopic (exact) mass is 392 g/mol. The van der Waals surface area contributed by atoms with Crippen molar-refractivity contribution in [2.24, 2.45) is 5.92 Å². The number of nitrogens with zero attached hydrogens (tertiary/aromatic N) is 4. The van der Waals surface area contributed by atoms with E-state index in [1.807, 2.05) is 52.9 Å². The summed E-state index contributed by atoms with van der Waals surface area (Å²) in [5.74, 6) is -0.378. The number of carbonyl (C=O) groups is 2. The highest BCUT2D eigenvalue weighted by molar-refractivity contribution is 6.06. The van der Waals surface area contributed by atoms with Gasteiger partial charge in [0.2, 0.25) is 0 Å². The van der Waals surface area contributed by atoms with Crippen molar-refractivity contribution in [1.29, 1.82) is 0 Å². The number of rotatable bonds is 4.